The predicted octanol–water partition coefficient (Wildman–Crippen LogP) is 5.09. The quantitative estimate of drug-likeness (QED) is 0.381. The van der Waals surface area contributed by atoms with Gasteiger partial charge in [-0.25, -0.2) is 9.36 Å². The van der Waals surface area contributed by atoms with E-state index < -0.39 is 5.69 Å². The van der Waals surface area contributed by atoms with Crippen molar-refractivity contribution in [2.75, 3.05) is 11.9 Å². The van der Waals surface area contributed by atoms with Crippen LogP contribution in [0.15, 0.2) is 52.1 Å². The Morgan fingerprint density at radius 1 is 1.11 bits per heavy atom. The van der Waals surface area contributed by atoms with Crippen LogP contribution in [0.4, 0.5) is 5.69 Å². The average Bonchev–Trinajstić information content (AvgIpc) is 3.25. The molecule has 4 aromatic rings. The van der Waals surface area contributed by atoms with Gasteiger partial charge in [-0.3, -0.25) is 14.2 Å². The van der Waals surface area contributed by atoms with Crippen LogP contribution < -0.4 is 21.3 Å². The van der Waals surface area contributed by atoms with Crippen molar-refractivity contribution < 1.29 is 9.53 Å². The van der Waals surface area contributed by atoms with Gasteiger partial charge >= 0.3 is 5.69 Å². The second kappa shape index (κ2) is 9.95. The summed E-state index contributed by atoms with van der Waals surface area (Å²) in [4.78, 5) is 42.1. The molecule has 186 valence electrons. The summed E-state index contributed by atoms with van der Waals surface area (Å²) in [5, 5.41) is 3.91. The Kier molecular flexibility index (Phi) is 6.73. The SMILES string of the molecule is CCOc1ccc(-n2c(=O)c3c4c(sc3n(CC(=O)Nc3ccc(C)c(Cl)c3)c2=O)CCCC4)cc1. The Balaban J connectivity index is 1.63. The van der Waals surface area contributed by atoms with Gasteiger partial charge in [0.2, 0.25) is 5.91 Å². The fourth-order valence-electron chi connectivity index (χ4n) is 4.61. The van der Waals surface area contributed by atoms with E-state index in [1.807, 2.05) is 19.9 Å². The molecule has 0 atom stereocenters. The first kappa shape index (κ1) is 24.3. The lowest BCUT2D eigenvalue weighted by Gasteiger charge is -2.14. The smallest absolute Gasteiger partial charge is 0.337 e. The topological polar surface area (TPSA) is 82.3 Å². The Bertz CT molecular complexity index is 1580. The molecule has 1 aliphatic rings. The van der Waals surface area contributed by atoms with E-state index in [9.17, 15) is 14.4 Å². The Morgan fingerprint density at radius 2 is 1.86 bits per heavy atom. The highest BCUT2D eigenvalue weighted by Crippen LogP contribution is 2.34. The summed E-state index contributed by atoms with van der Waals surface area (Å²) >= 11 is 7.65. The molecule has 5 rings (SSSR count). The zero-order chi connectivity index (χ0) is 25.4. The van der Waals surface area contributed by atoms with Crippen LogP contribution in [0.3, 0.4) is 0 Å². The van der Waals surface area contributed by atoms with Crippen molar-refractivity contribution in [1.29, 1.82) is 0 Å². The molecule has 0 saturated heterocycles. The summed E-state index contributed by atoms with van der Waals surface area (Å²) in [5.74, 6) is 0.279. The number of aryl methyl sites for hydroxylation is 3. The van der Waals surface area contributed by atoms with Gasteiger partial charge in [-0.2, -0.15) is 0 Å². The average molecular weight is 524 g/mol. The molecule has 0 fully saturated rings. The number of hydrogen-bond acceptors (Lipinski definition) is 5. The third kappa shape index (κ3) is 4.47. The van der Waals surface area contributed by atoms with Crippen molar-refractivity contribution in [3.8, 4) is 11.4 Å². The summed E-state index contributed by atoms with van der Waals surface area (Å²) in [6.45, 7) is 4.06. The van der Waals surface area contributed by atoms with E-state index in [1.165, 1.54) is 15.9 Å². The first-order valence-electron chi connectivity index (χ1n) is 12.0. The van der Waals surface area contributed by atoms with Crippen LogP contribution in [-0.4, -0.2) is 21.6 Å². The number of rotatable bonds is 6. The zero-order valence-corrected chi connectivity index (χ0v) is 21.7. The van der Waals surface area contributed by atoms with Crippen LogP contribution in [0.5, 0.6) is 5.75 Å². The van der Waals surface area contributed by atoms with Crippen LogP contribution >= 0.6 is 22.9 Å². The molecular formula is C27H26ClN3O4S. The second-order valence-corrected chi connectivity index (χ2v) is 10.3. The molecule has 0 aliphatic heterocycles. The van der Waals surface area contributed by atoms with Gasteiger partial charge in [-0.05, 0) is 87.1 Å². The number of benzene rings is 2. The molecule has 2 aromatic carbocycles. The number of halogens is 1. The summed E-state index contributed by atoms with van der Waals surface area (Å²) in [5.41, 5.74) is 1.99. The van der Waals surface area contributed by atoms with E-state index in [0.717, 1.165) is 46.3 Å². The van der Waals surface area contributed by atoms with E-state index in [2.05, 4.69) is 5.32 Å². The van der Waals surface area contributed by atoms with Crippen molar-refractivity contribution in [3.05, 3.63) is 84.3 Å². The molecule has 0 bridgehead atoms. The van der Waals surface area contributed by atoms with Gasteiger partial charge in [-0.15, -0.1) is 11.3 Å². The van der Waals surface area contributed by atoms with Crippen LogP contribution in [0.25, 0.3) is 15.9 Å². The van der Waals surface area contributed by atoms with Gasteiger partial charge in [0, 0.05) is 15.6 Å². The molecule has 0 radical (unpaired) electrons. The molecule has 2 aromatic heterocycles. The largest absolute Gasteiger partial charge is 0.494 e. The maximum atomic E-state index is 13.7. The third-order valence-electron chi connectivity index (χ3n) is 6.40. The van der Waals surface area contributed by atoms with Crippen molar-refractivity contribution in [2.24, 2.45) is 0 Å². The number of nitrogens with one attached hydrogen (secondary N) is 1. The number of nitrogens with zero attached hydrogens (tertiary/aromatic N) is 2. The van der Waals surface area contributed by atoms with E-state index in [0.29, 0.717) is 39.0 Å². The monoisotopic (exact) mass is 523 g/mol. The maximum absolute atomic E-state index is 13.7. The van der Waals surface area contributed by atoms with Crippen LogP contribution in [-0.2, 0) is 24.2 Å². The number of hydrogen-bond donors (Lipinski definition) is 1. The molecule has 2 heterocycles. The lowest BCUT2D eigenvalue weighted by Crippen LogP contribution is -2.40. The third-order valence-corrected chi connectivity index (χ3v) is 8.12. The number of carbonyl (C=O) groups is 1. The van der Waals surface area contributed by atoms with Gasteiger partial charge < -0.3 is 10.1 Å². The minimum absolute atomic E-state index is 0.225. The number of carbonyl (C=O) groups excluding carboxylic acids is 1. The molecule has 1 N–H and O–H groups in total. The highest BCUT2D eigenvalue weighted by Gasteiger charge is 2.25. The maximum Gasteiger partial charge on any atom is 0.337 e. The van der Waals surface area contributed by atoms with Crippen LogP contribution in [0.2, 0.25) is 5.02 Å². The molecule has 9 heteroatoms. The molecule has 0 unspecified atom stereocenters. The molecular weight excluding hydrogens is 498 g/mol. The molecule has 0 spiro atoms. The summed E-state index contributed by atoms with van der Waals surface area (Å²) in [6, 6.07) is 12.1. The minimum atomic E-state index is -0.549. The first-order chi connectivity index (χ1) is 17.4. The summed E-state index contributed by atoms with van der Waals surface area (Å²) < 4.78 is 8.09. The summed E-state index contributed by atoms with van der Waals surface area (Å²) in [7, 11) is 0. The fraction of sp³-hybridized carbons (Fsp3) is 0.296. The Hall–Kier alpha value is -3.36. The lowest BCUT2D eigenvalue weighted by atomic mass is 9.97. The van der Waals surface area contributed by atoms with Gasteiger partial charge in [0.25, 0.3) is 5.56 Å². The Labute approximate surface area is 216 Å². The van der Waals surface area contributed by atoms with Gasteiger partial charge in [0.1, 0.15) is 17.1 Å². The standard InChI is InChI=1S/C27H26ClN3O4S/c1-3-35-19-12-10-18(11-13-19)31-25(33)24-20-6-4-5-7-22(20)36-26(24)30(27(31)34)15-23(32)29-17-9-8-16(2)21(28)14-17/h8-14H,3-7,15H2,1-2H3,(H,29,32). The number of thiophene rings is 1. The highest BCUT2D eigenvalue weighted by atomic mass is 35.5. The molecule has 7 nitrogen and oxygen atoms in total. The Morgan fingerprint density at radius 3 is 2.58 bits per heavy atom. The number of amides is 1. The fourth-order valence-corrected chi connectivity index (χ4v) is 6.16. The molecule has 1 amide bonds. The second-order valence-electron chi connectivity index (χ2n) is 8.84. The van der Waals surface area contributed by atoms with Crippen LogP contribution in [0, 0.1) is 6.92 Å². The first-order valence-corrected chi connectivity index (χ1v) is 13.2. The molecule has 36 heavy (non-hydrogen) atoms. The van der Waals surface area contributed by atoms with Crippen molar-refractivity contribution >= 4 is 44.7 Å². The number of fused-ring (bicyclic) bond motifs is 3. The van der Waals surface area contributed by atoms with Gasteiger partial charge in [-0.1, -0.05) is 17.7 Å². The molecule has 0 saturated carbocycles. The van der Waals surface area contributed by atoms with Crippen LogP contribution in [0.1, 0.15) is 35.8 Å². The zero-order valence-electron chi connectivity index (χ0n) is 20.1. The van der Waals surface area contributed by atoms with E-state index >= 15 is 0 Å². The van der Waals surface area contributed by atoms with E-state index in [-0.39, 0.29) is 18.0 Å². The van der Waals surface area contributed by atoms with E-state index in [1.54, 1.807) is 36.4 Å². The number of anilines is 1. The lowest BCUT2D eigenvalue weighted by molar-refractivity contribution is -0.116. The molecule has 1 aliphatic carbocycles. The van der Waals surface area contributed by atoms with Crippen molar-refractivity contribution in [1.82, 2.24) is 9.13 Å². The van der Waals surface area contributed by atoms with Crippen molar-refractivity contribution in [2.45, 2.75) is 46.1 Å². The van der Waals surface area contributed by atoms with E-state index in [4.69, 9.17) is 16.3 Å². The van der Waals surface area contributed by atoms with Gasteiger partial charge in [0.05, 0.1) is 17.7 Å². The summed E-state index contributed by atoms with van der Waals surface area (Å²) in [6.07, 6.45) is 3.71. The highest BCUT2D eigenvalue weighted by molar-refractivity contribution is 7.18. The number of ether oxygens (including phenoxy) is 1. The van der Waals surface area contributed by atoms with Crippen molar-refractivity contribution in [3.63, 3.8) is 0 Å². The normalized spacial score (nSPS) is 13.0. The minimum Gasteiger partial charge on any atom is -0.494 e. The predicted molar refractivity (Wildman–Crippen MR) is 144 cm³/mol. The van der Waals surface area contributed by atoms with Gasteiger partial charge in [0.15, 0.2) is 0 Å². The number of aromatic nitrogens is 2.